The number of hydrogen-bond acceptors (Lipinski definition) is 1. The molecule has 0 saturated carbocycles. The number of benzene rings is 1. The quantitative estimate of drug-likeness (QED) is 0.742. The predicted octanol–water partition coefficient (Wildman–Crippen LogP) is 4.05. The van der Waals surface area contributed by atoms with Gasteiger partial charge in [-0.15, -0.1) is 0 Å². The van der Waals surface area contributed by atoms with Crippen molar-refractivity contribution in [3.63, 3.8) is 0 Å². The molecule has 2 rings (SSSR count). The molecule has 2 nitrogen and oxygen atoms in total. The first-order chi connectivity index (χ1) is 8.36. The fourth-order valence-electron chi connectivity index (χ4n) is 2.19. The Kier molecular flexibility index (Phi) is 2.92. The lowest BCUT2D eigenvalue weighted by molar-refractivity contribution is -0.136. The molecule has 1 heterocycles. The van der Waals surface area contributed by atoms with Crippen molar-refractivity contribution in [2.24, 2.45) is 0 Å². The molecule has 0 spiro atoms. The van der Waals surface area contributed by atoms with E-state index < -0.39 is 11.7 Å². The lowest BCUT2D eigenvalue weighted by Crippen LogP contribution is -2.06. The standard InChI is InChI=1S/C13H12F3NO/c1-8(2)17-9(7-18)6-10-11(13(14,15)16)4-3-5-12(10)17/h3-8H,1-2H3. The first-order valence-corrected chi connectivity index (χ1v) is 5.52. The van der Waals surface area contributed by atoms with E-state index in [9.17, 15) is 18.0 Å². The molecule has 0 atom stereocenters. The molecular formula is C13H12F3NO. The van der Waals surface area contributed by atoms with Crippen LogP contribution in [0.25, 0.3) is 10.9 Å². The number of carbonyl (C=O) groups is 1. The van der Waals surface area contributed by atoms with Gasteiger partial charge in [0.15, 0.2) is 6.29 Å². The van der Waals surface area contributed by atoms with Gasteiger partial charge in [-0.25, -0.2) is 0 Å². The molecule has 0 amide bonds. The van der Waals surface area contributed by atoms with Gasteiger partial charge in [-0.3, -0.25) is 4.79 Å². The summed E-state index contributed by atoms with van der Waals surface area (Å²) in [4.78, 5) is 11.0. The molecule has 18 heavy (non-hydrogen) atoms. The maximum atomic E-state index is 12.9. The van der Waals surface area contributed by atoms with Crippen molar-refractivity contribution in [2.45, 2.75) is 26.1 Å². The molecule has 2 aromatic rings. The van der Waals surface area contributed by atoms with E-state index in [1.54, 1.807) is 10.6 Å². The summed E-state index contributed by atoms with van der Waals surface area (Å²) in [7, 11) is 0. The summed E-state index contributed by atoms with van der Waals surface area (Å²) >= 11 is 0. The minimum Gasteiger partial charge on any atom is -0.336 e. The van der Waals surface area contributed by atoms with E-state index in [2.05, 4.69) is 0 Å². The molecule has 0 bridgehead atoms. The maximum Gasteiger partial charge on any atom is 0.417 e. The Morgan fingerprint density at radius 2 is 1.94 bits per heavy atom. The Balaban J connectivity index is 2.85. The number of aldehydes is 1. The smallest absolute Gasteiger partial charge is 0.336 e. The Hall–Kier alpha value is -1.78. The van der Waals surface area contributed by atoms with E-state index in [1.165, 1.54) is 12.1 Å². The lowest BCUT2D eigenvalue weighted by Gasteiger charge is -2.13. The van der Waals surface area contributed by atoms with E-state index in [0.29, 0.717) is 11.8 Å². The van der Waals surface area contributed by atoms with Crippen LogP contribution in [0.3, 0.4) is 0 Å². The summed E-state index contributed by atoms with van der Waals surface area (Å²) in [6, 6.07) is 5.20. The zero-order chi connectivity index (χ0) is 13.5. The average Bonchev–Trinajstić information content (AvgIpc) is 2.65. The number of nitrogens with zero attached hydrogens (tertiary/aromatic N) is 1. The fourth-order valence-corrected chi connectivity index (χ4v) is 2.19. The second-order valence-corrected chi connectivity index (χ2v) is 4.39. The van der Waals surface area contributed by atoms with E-state index in [4.69, 9.17) is 0 Å². The third-order valence-corrected chi connectivity index (χ3v) is 2.86. The van der Waals surface area contributed by atoms with Crippen LogP contribution in [0.5, 0.6) is 0 Å². The first-order valence-electron chi connectivity index (χ1n) is 5.52. The second kappa shape index (κ2) is 4.15. The van der Waals surface area contributed by atoms with Gasteiger partial charge in [0.2, 0.25) is 0 Å². The molecule has 0 unspecified atom stereocenters. The minimum absolute atomic E-state index is 0.0702. The molecule has 1 aromatic carbocycles. The maximum absolute atomic E-state index is 12.9. The number of rotatable bonds is 2. The second-order valence-electron chi connectivity index (χ2n) is 4.39. The molecule has 0 saturated heterocycles. The van der Waals surface area contributed by atoms with Crippen molar-refractivity contribution in [3.8, 4) is 0 Å². The number of hydrogen-bond donors (Lipinski definition) is 0. The number of carbonyl (C=O) groups excluding carboxylic acids is 1. The molecule has 0 fully saturated rings. The van der Waals surface area contributed by atoms with Crippen molar-refractivity contribution in [1.82, 2.24) is 4.57 Å². The molecule has 0 aliphatic rings. The van der Waals surface area contributed by atoms with Crippen LogP contribution in [-0.4, -0.2) is 10.9 Å². The van der Waals surface area contributed by atoms with Crippen LogP contribution in [0.1, 0.15) is 35.9 Å². The largest absolute Gasteiger partial charge is 0.417 e. The van der Waals surface area contributed by atoms with Gasteiger partial charge in [0, 0.05) is 16.9 Å². The van der Waals surface area contributed by atoms with Crippen LogP contribution in [0, 0.1) is 0 Å². The number of aromatic nitrogens is 1. The fraction of sp³-hybridized carbons (Fsp3) is 0.308. The van der Waals surface area contributed by atoms with Crippen LogP contribution in [0.2, 0.25) is 0 Å². The van der Waals surface area contributed by atoms with E-state index >= 15 is 0 Å². The summed E-state index contributed by atoms with van der Waals surface area (Å²) in [5.74, 6) is 0. The first kappa shape index (κ1) is 12.7. The molecule has 0 N–H and O–H groups in total. The van der Waals surface area contributed by atoms with Crippen molar-refractivity contribution < 1.29 is 18.0 Å². The van der Waals surface area contributed by atoms with E-state index in [1.807, 2.05) is 13.8 Å². The Labute approximate surface area is 102 Å². The molecule has 0 radical (unpaired) electrons. The Morgan fingerprint density at radius 3 is 2.44 bits per heavy atom. The lowest BCUT2D eigenvalue weighted by atomic mass is 10.1. The topological polar surface area (TPSA) is 22.0 Å². The zero-order valence-electron chi connectivity index (χ0n) is 9.95. The van der Waals surface area contributed by atoms with Gasteiger partial charge in [0.05, 0.1) is 11.3 Å². The van der Waals surface area contributed by atoms with Crippen LogP contribution in [0.15, 0.2) is 24.3 Å². The van der Waals surface area contributed by atoms with Crippen LogP contribution >= 0.6 is 0 Å². The van der Waals surface area contributed by atoms with Gasteiger partial charge < -0.3 is 4.57 Å². The van der Waals surface area contributed by atoms with E-state index in [0.717, 1.165) is 6.07 Å². The summed E-state index contributed by atoms with van der Waals surface area (Å²) in [5.41, 5.74) is -0.0128. The van der Waals surface area contributed by atoms with Crippen molar-refractivity contribution in [2.75, 3.05) is 0 Å². The Bertz CT molecular complexity index is 596. The summed E-state index contributed by atoms with van der Waals surface area (Å²) < 4.78 is 40.2. The molecule has 0 aliphatic heterocycles. The summed E-state index contributed by atoms with van der Waals surface area (Å²) in [5, 5.41) is 0.0702. The summed E-state index contributed by atoms with van der Waals surface area (Å²) in [6.45, 7) is 3.65. The van der Waals surface area contributed by atoms with Crippen LogP contribution in [-0.2, 0) is 6.18 Å². The zero-order valence-corrected chi connectivity index (χ0v) is 9.95. The highest BCUT2D eigenvalue weighted by atomic mass is 19.4. The Morgan fingerprint density at radius 1 is 1.28 bits per heavy atom. The van der Waals surface area contributed by atoms with Crippen molar-refractivity contribution in [3.05, 3.63) is 35.5 Å². The molecular weight excluding hydrogens is 243 g/mol. The number of alkyl halides is 3. The molecule has 5 heteroatoms. The van der Waals surface area contributed by atoms with Crippen LogP contribution in [0.4, 0.5) is 13.2 Å². The molecule has 96 valence electrons. The number of fused-ring (bicyclic) bond motifs is 1. The third kappa shape index (κ3) is 1.89. The number of halogens is 3. The normalized spacial score (nSPS) is 12.3. The van der Waals surface area contributed by atoms with Gasteiger partial charge in [-0.05, 0) is 32.0 Å². The van der Waals surface area contributed by atoms with Crippen molar-refractivity contribution >= 4 is 17.2 Å². The van der Waals surface area contributed by atoms with Gasteiger partial charge in [-0.1, -0.05) is 6.07 Å². The average molecular weight is 255 g/mol. The van der Waals surface area contributed by atoms with Gasteiger partial charge >= 0.3 is 6.18 Å². The molecule has 1 aromatic heterocycles. The third-order valence-electron chi connectivity index (χ3n) is 2.86. The van der Waals surface area contributed by atoms with Crippen LogP contribution < -0.4 is 0 Å². The minimum atomic E-state index is -4.41. The summed E-state index contributed by atoms with van der Waals surface area (Å²) in [6.07, 6.45) is -3.83. The molecule has 0 aliphatic carbocycles. The van der Waals surface area contributed by atoms with Gasteiger partial charge in [0.25, 0.3) is 0 Å². The predicted molar refractivity (Wildman–Crippen MR) is 62.7 cm³/mol. The highest BCUT2D eigenvalue weighted by Crippen LogP contribution is 2.36. The van der Waals surface area contributed by atoms with Crippen molar-refractivity contribution in [1.29, 1.82) is 0 Å². The highest BCUT2D eigenvalue weighted by Gasteiger charge is 2.33. The van der Waals surface area contributed by atoms with Gasteiger partial charge in [0.1, 0.15) is 0 Å². The van der Waals surface area contributed by atoms with Gasteiger partial charge in [-0.2, -0.15) is 13.2 Å². The monoisotopic (exact) mass is 255 g/mol. The highest BCUT2D eigenvalue weighted by molar-refractivity contribution is 5.91. The SMILES string of the molecule is CC(C)n1c(C=O)cc2c(C(F)(F)F)cccc21. The van der Waals surface area contributed by atoms with E-state index in [-0.39, 0.29) is 17.1 Å².